The van der Waals surface area contributed by atoms with E-state index >= 15 is 0 Å². The first-order chi connectivity index (χ1) is 10.1. The molecule has 1 fully saturated rings. The van der Waals surface area contributed by atoms with E-state index < -0.39 is 31.7 Å². The highest BCUT2D eigenvalue weighted by Gasteiger charge is 2.30. The number of sulfonamides is 2. The van der Waals surface area contributed by atoms with Crippen LogP contribution in [0.15, 0.2) is 23.1 Å². The lowest BCUT2D eigenvalue weighted by atomic mass is 10.1. The van der Waals surface area contributed by atoms with Crippen molar-refractivity contribution in [2.45, 2.75) is 23.8 Å². The minimum Gasteiger partial charge on any atom is -0.213 e. The quantitative estimate of drug-likeness (QED) is 0.861. The summed E-state index contributed by atoms with van der Waals surface area (Å²) < 4.78 is 76.6. The lowest BCUT2D eigenvalue weighted by Crippen LogP contribution is -2.46. The van der Waals surface area contributed by atoms with Crippen LogP contribution in [0.4, 0.5) is 8.78 Å². The van der Waals surface area contributed by atoms with E-state index in [4.69, 9.17) is 0 Å². The van der Waals surface area contributed by atoms with Crippen LogP contribution in [0.2, 0.25) is 0 Å². The van der Waals surface area contributed by atoms with Crippen molar-refractivity contribution in [3.8, 4) is 0 Å². The fourth-order valence-corrected chi connectivity index (χ4v) is 4.63. The van der Waals surface area contributed by atoms with Gasteiger partial charge in [0.1, 0.15) is 0 Å². The molecule has 1 aromatic carbocycles. The van der Waals surface area contributed by atoms with Crippen LogP contribution in [0.3, 0.4) is 0 Å². The monoisotopic (exact) mass is 354 g/mol. The molecule has 6 nitrogen and oxygen atoms in total. The largest absolute Gasteiger partial charge is 0.243 e. The Kier molecular flexibility index (Phi) is 4.85. The zero-order valence-electron chi connectivity index (χ0n) is 11.8. The first-order valence-electron chi connectivity index (χ1n) is 6.52. The van der Waals surface area contributed by atoms with Crippen LogP contribution in [-0.2, 0) is 20.0 Å². The maximum Gasteiger partial charge on any atom is 0.243 e. The van der Waals surface area contributed by atoms with Crippen molar-refractivity contribution < 1.29 is 25.6 Å². The summed E-state index contributed by atoms with van der Waals surface area (Å²) in [7, 11) is -7.27. The smallest absolute Gasteiger partial charge is 0.213 e. The third-order valence-electron chi connectivity index (χ3n) is 3.36. The Bertz CT molecular complexity index is 757. The lowest BCUT2D eigenvalue weighted by Gasteiger charge is -2.31. The van der Waals surface area contributed by atoms with Gasteiger partial charge in [-0.25, -0.2) is 30.3 Å². The third-order valence-corrected chi connectivity index (χ3v) is 6.02. The molecule has 0 bridgehead atoms. The summed E-state index contributed by atoms with van der Waals surface area (Å²) in [6, 6.07) is 2.09. The lowest BCUT2D eigenvalue weighted by molar-refractivity contribution is 0.308. The summed E-state index contributed by atoms with van der Waals surface area (Å²) in [4.78, 5) is -0.319. The highest BCUT2D eigenvalue weighted by atomic mass is 32.2. The van der Waals surface area contributed by atoms with Crippen molar-refractivity contribution in [2.24, 2.45) is 0 Å². The number of benzene rings is 1. The summed E-state index contributed by atoms with van der Waals surface area (Å²) in [5.74, 6) is -2.34. The Balaban J connectivity index is 2.11. The molecule has 0 saturated carbocycles. The van der Waals surface area contributed by atoms with Gasteiger partial charge in [-0.2, -0.15) is 4.31 Å². The maximum atomic E-state index is 13.2. The molecule has 1 aliphatic heterocycles. The molecule has 0 atom stereocenters. The number of nitrogens with zero attached hydrogens (tertiary/aromatic N) is 1. The molecule has 1 aromatic rings. The number of hydrogen-bond acceptors (Lipinski definition) is 4. The Labute approximate surface area is 128 Å². The van der Waals surface area contributed by atoms with E-state index in [-0.39, 0.29) is 24.0 Å². The molecule has 124 valence electrons. The van der Waals surface area contributed by atoms with Crippen molar-refractivity contribution in [1.29, 1.82) is 0 Å². The molecule has 1 aliphatic rings. The molecule has 0 aromatic heterocycles. The molecule has 1 heterocycles. The Morgan fingerprint density at radius 3 is 2.18 bits per heavy atom. The van der Waals surface area contributed by atoms with Crippen molar-refractivity contribution in [1.82, 2.24) is 9.03 Å². The average Bonchev–Trinajstić information content (AvgIpc) is 2.40. The topological polar surface area (TPSA) is 83.6 Å². The number of hydrogen-bond donors (Lipinski definition) is 1. The summed E-state index contributed by atoms with van der Waals surface area (Å²) >= 11 is 0. The van der Waals surface area contributed by atoms with Gasteiger partial charge in [0.25, 0.3) is 0 Å². The number of halogens is 2. The van der Waals surface area contributed by atoms with Gasteiger partial charge in [0, 0.05) is 19.1 Å². The Hall–Kier alpha value is -1.10. The molecular weight excluding hydrogens is 338 g/mol. The Morgan fingerprint density at radius 2 is 1.68 bits per heavy atom. The van der Waals surface area contributed by atoms with Crippen LogP contribution in [0.1, 0.15) is 12.8 Å². The molecule has 1 saturated heterocycles. The van der Waals surface area contributed by atoms with Crippen molar-refractivity contribution in [3.05, 3.63) is 29.8 Å². The molecule has 0 spiro atoms. The minimum atomic E-state index is -3.92. The normalized spacial score (nSPS) is 18.5. The molecule has 1 N–H and O–H groups in total. The van der Waals surface area contributed by atoms with Crippen molar-refractivity contribution in [2.75, 3.05) is 19.3 Å². The van der Waals surface area contributed by atoms with Gasteiger partial charge < -0.3 is 0 Å². The molecular formula is C12H16F2N2O4S2. The minimum absolute atomic E-state index is 0.106. The van der Waals surface area contributed by atoms with Crippen LogP contribution in [-0.4, -0.2) is 46.5 Å². The van der Waals surface area contributed by atoms with Crippen LogP contribution in [0.5, 0.6) is 0 Å². The van der Waals surface area contributed by atoms with E-state index in [0.29, 0.717) is 18.9 Å². The van der Waals surface area contributed by atoms with Crippen molar-refractivity contribution >= 4 is 20.0 Å². The highest BCUT2D eigenvalue weighted by Crippen LogP contribution is 2.22. The van der Waals surface area contributed by atoms with Gasteiger partial charge in [-0.05, 0) is 31.0 Å². The molecule has 0 amide bonds. The highest BCUT2D eigenvalue weighted by molar-refractivity contribution is 7.89. The van der Waals surface area contributed by atoms with Gasteiger partial charge in [0.15, 0.2) is 11.6 Å². The van der Waals surface area contributed by atoms with Gasteiger partial charge in [-0.15, -0.1) is 0 Å². The van der Waals surface area contributed by atoms with E-state index in [1.54, 1.807) is 0 Å². The number of piperidine rings is 1. The van der Waals surface area contributed by atoms with Crippen LogP contribution >= 0.6 is 0 Å². The fourth-order valence-electron chi connectivity index (χ4n) is 2.30. The van der Waals surface area contributed by atoms with Gasteiger partial charge in [-0.1, -0.05) is 0 Å². The van der Waals surface area contributed by atoms with E-state index in [9.17, 15) is 25.6 Å². The second-order valence-electron chi connectivity index (χ2n) is 5.14. The number of nitrogens with one attached hydrogen (secondary N) is 1. The SMILES string of the molecule is CS(=O)(=O)NC1CCN(S(=O)(=O)c2ccc(F)c(F)c2)CC1. The summed E-state index contributed by atoms with van der Waals surface area (Å²) in [6.45, 7) is 0.211. The summed E-state index contributed by atoms with van der Waals surface area (Å²) in [6.07, 6.45) is 1.67. The van der Waals surface area contributed by atoms with Crippen molar-refractivity contribution in [3.63, 3.8) is 0 Å². The predicted octanol–water partition coefficient (Wildman–Crippen LogP) is 0.667. The molecule has 0 unspecified atom stereocenters. The van der Waals surface area contributed by atoms with E-state index in [1.807, 2.05) is 0 Å². The molecule has 22 heavy (non-hydrogen) atoms. The zero-order chi connectivity index (χ0) is 16.5. The maximum absolute atomic E-state index is 13.2. The van der Waals surface area contributed by atoms with Gasteiger partial charge in [-0.3, -0.25) is 0 Å². The first kappa shape index (κ1) is 17.3. The van der Waals surface area contributed by atoms with E-state index in [1.165, 1.54) is 0 Å². The standard InChI is InChI=1S/C12H16F2N2O4S2/c1-21(17,18)15-9-4-6-16(7-5-9)22(19,20)10-2-3-11(13)12(14)8-10/h2-3,8-9,15H,4-7H2,1H3. The molecule has 0 aliphatic carbocycles. The second-order valence-corrected chi connectivity index (χ2v) is 8.86. The zero-order valence-corrected chi connectivity index (χ0v) is 13.4. The third kappa shape index (κ3) is 4.00. The Morgan fingerprint density at radius 1 is 1.09 bits per heavy atom. The van der Waals surface area contributed by atoms with Crippen LogP contribution in [0, 0.1) is 11.6 Å². The van der Waals surface area contributed by atoms with Crippen LogP contribution < -0.4 is 4.72 Å². The second kappa shape index (κ2) is 6.19. The first-order valence-corrected chi connectivity index (χ1v) is 9.85. The predicted molar refractivity (Wildman–Crippen MR) is 76.1 cm³/mol. The van der Waals surface area contributed by atoms with Crippen LogP contribution in [0.25, 0.3) is 0 Å². The molecule has 10 heteroatoms. The van der Waals surface area contributed by atoms with Gasteiger partial charge in [0.2, 0.25) is 20.0 Å². The molecule has 2 rings (SSSR count). The summed E-state index contributed by atoms with van der Waals surface area (Å²) in [5.41, 5.74) is 0. The number of rotatable bonds is 4. The fraction of sp³-hybridized carbons (Fsp3) is 0.500. The van der Waals surface area contributed by atoms with E-state index in [2.05, 4.69) is 4.72 Å². The summed E-state index contributed by atoms with van der Waals surface area (Å²) in [5, 5.41) is 0. The van der Waals surface area contributed by atoms with Gasteiger partial charge in [0.05, 0.1) is 11.2 Å². The molecule has 0 radical (unpaired) electrons. The van der Waals surface area contributed by atoms with Gasteiger partial charge >= 0.3 is 0 Å². The average molecular weight is 354 g/mol. The van der Waals surface area contributed by atoms with E-state index in [0.717, 1.165) is 22.7 Å².